The molecule has 0 aromatic rings. The van der Waals surface area contributed by atoms with Gasteiger partial charge in [-0.1, -0.05) is 0 Å². The molecule has 0 aliphatic heterocycles. The Bertz CT molecular complexity index is 232. The van der Waals surface area contributed by atoms with E-state index in [1.54, 1.807) is 0 Å². The quantitative estimate of drug-likeness (QED) is 0.475. The highest BCUT2D eigenvalue weighted by Gasteiger charge is 2.15. The predicted molar refractivity (Wildman–Crippen MR) is 27.8 cm³/mol. The van der Waals surface area contributed by atoms with Crippen LogP contribution in [0.25, 0.3) is 0 Å². The summed E-state index contributed by atoms with van der Waals surface area (Å²) in [5.74, 6) is 0. The van der Waals surface area contributed by atoms with Crippen LogP contribution < -0.4 is 0 Å². The molecule has 0 rings (SSSR count). The molecule has 0 bridgehead atoms. The maximum atomic E-state index is 9.44. The lowest BCUT2D eigenvalue weighted by molar-refractivity contribution is 0.344. The Kier molecular flexibility index (Phi) is 4.01. The standard InChI is InChI=1S/H2O7S2.H2O/c1-8(2,3)7-9(4,5)6;/h(H,1,2,3)(H,4,5,6);1H2. The Morgan fingerprint density at radius 2 is 1.10 bits per heavy atom. The van der Waals surface area contributed by atoms with Crippen LogP contribution in [-0.2, 0) is 24.4 Å². The van der Waals surface area contributed by atoms with Crippen LogP contribution in [-0.4, -0.2) is 31.4 Å². The van der Waals surface area contributed by atoms with Crippen molar-refractivity contribution in [2.45, 2.75) is 0 Å². The van der Waals surface area contributed by atoms with Crippen LogP contribution in [0, 0.1) is 0 Å². The minimum absolute atomic E-state index is 0. The Morgan fingerprint density at radius 1 is 0.900 bits per heavy atom. The van der Waals surface area contributed by atoms with E-state index in [9.17, 15) is 16.8 Å². The minimum atomic E-state index is -5.12. The fourth-order valence-electron chi connectivity index (χ4n) is 0.109. The summed E-state index contributed by atoms with van der Waals surface area (Å²) in [7, 11) is -10.2. The van der Waals surface area contributed by atoms with Gasteiger partial charge in [0.1, 0.15) is 0 Å². The molecule has 10 heavy (non-hydrogen) atoms. The SMILES string of the molecule is O.O=S(=O)(O)OS(=O)(=O)O. The smallest absolute Gasteiger partial charge is 0.412 e. The number of hydrogen-bond donors (Lipinski definition) is 2. The van der Waals surface area contributed by atoms with Crippen LogP contribution in [0.3, 0.4) is 0 Å². The van der Waals surface area contributed by atoms with Gasteiger partial charge in [-0.05, 0) is 0 Å². The minimum Gasteiger partial charge on any atom is -0.412 e. The van der Waals surface area contributed by atoms with Crippen LogP contribution in [0.2, 0.25) is 0 Å². The third-order valence-electron chi connectivity index (χ3n) is 0.172. The van der Waals surface area contributed by atoms with Crippen LogP contribution in [0.1, 0.15) is 0 Å². The first-order valence-corrected chi connectivity index (χ1v) is 4.10. The molecule has 8 nitrogen and oxygen atoms in total. The molecule has 0 aromatic carbocycles. The fourth-order valence-corrected chi connectivity index (χ4v) is 0.978. The first kappa shape index (κ1) is 12.4. The molecule has 0 fully saturated rings. The number of hydrogen-bond acceptors (Lipinski definition) is 5. The summed E-state index contributed by atoms with van der Waals surface area (Å²) in [4.78, 5) is 0. The van der Waals surface area contributed by atoms with E-state index in [-0.39, 0.29) is 5.48 Å². The normalized spacial score (nSPS) is 12.2. The Morgan fingerprint density at radius 3 is 1.10 bits per heavy atom. The van der Waals surface area contributed by atoms with E-state index in [2.05, 4.69) is 3.63 Å². The van der Waals surface area contributed by atoms with Gasteiger partial charge in [0.25, 0.3) is 0 Å². The molecule has 0 saturated heterocycles. The zero-order chi connectivity index (χ0) is 7.71. The van der Waals surface area contributed by atoms with E-state index in [0.717, 1.165) is 0 Å². The second-order valence-corrected chi connectivity index (χ2v) is 3.18. The van der Waals surface area contributed by atoms with Crippen molar-refractivity contribution in [2.75, 3.05) is 0 Å². The average molecular weight is 196 g/mol. The van der Waals surface area contributed by atoms with Crippen LogP contribution in [0.5, 0.6) is 0 Å². The van der Waals surface area contributed by atoms with Crippen LogP contribution >= 0.6 is 0 Å². The topological polar surface area (TPSA) is 149 Å². The van der Waals surface area contributed by atoms with Crippen LogP contribution in [0.15, 0.2) is 0 Å². The number of rotatable bonds is 2. The maximum Gasteiger partial charge on any atom is 0.413 e. The van der Waals surface area contributed by atoms with Crippen molar-refractivity contribution in [3.8, 4) is 0 Å². The molecule has 0 aromatic heterocycles. The summed E-state index contributed by atoms with van der Waals surface area (Å²) in [5.41, 5.74) is 0. The van der Waals surface area contributed by atoms with Crippen molar-refractivity contribution in [3.05, 3.63) is 0 Å². The van der Waals surface area contributed by atoms with Gasteiger partial charge in [0, 0.05) is 0 Å². The highest BCUT2D eigenvalue weighted by atomic mass is 32.3. The molecule has 0 unspecified atom stereocenters. The monoisotopic (exact) mass is 196 g/mol. The highest BCUT2D eigenvalue weighted by molar-refractivity contribution is 7.94. The van der Waals surface area contributed by atoms with Gasteiger partial charge in [0.05, 0.1) is 0 Å². The van der Waals surface area contributed by atoms with Crippen molar-refractivity contribution < 1.29 is 35.0 Å². The second kappa shape index (κ2) is 3.23. The summed E-state index contributed by atoms with van der Waals surface area (Å²) in [6.07, 6.45) is 0. The summed E-state index contributed by atoms with van der Waals surface area (Å²) >= 11 is 0. The van der Waals surface area contributed by atoms with E-state index in [1.165, 1.54) is 0 Å². The van der Waals surface area contributed by atoms with Gasteiger partial charge in [-0.3, -0.25) is 9.11 Å². The molecule has 64 valence electrons. The van der Waals surface area contributed by atoms with Crippen molar-refractivity contribution in [1.29, 1.82) is 0 Å². The zero-order valence-electron chi connectivity index (χ0n) is 4.25. The molecule has 0 heterocycles. The van der Waals surface area contributed by atoms with Gasteiger partial charge in [-0.2, -0.15) is 16.8 Å². The summed E-state index contributed by atoms with van der Waals surface area (Å²) in [6, 6.07) is 0. The lowest BCUT2D eigenvalue weighted by atomic mass is 15.8. The molecule has 0 atom stereocenters. The Hall–Kier alpha value is -0.260. The van der Waals surface area contributed by atoms with Crippen molar-refractivity contribution in [1.82, 2.24) is 0 Å². The molecule has 0 saturated carbocycles. The zero-order valence-corrected chi connectivity index (χ0v) is 5.89. The van der Waals surface area contributed by atoms with Gasteiger partial charge in [-0.25, -0.2) is 0 Å². The van der Waals surface area contributed by atoms with E-state index in [0.29, 0.717) is 0 Å². The molecule has 0 aliphatic rings. The lowest BCUT2D eigenvalue weighted by Gasteiger charge is -1.89. The molecule has 0 spiro atoms. The third kappa shape index (κ3) is 10.7. The van der Waals surface area contributed by atoms with Gasteiger partial charge >= 0.3 is 20.8 Å². The largest absolute Gasteiger partial charge is 0.413 e. The average Bonchev–Trinajstić information content (AvgIpc) is 1.14. The van der Waals surface area contributed by atoms with Gasteiger partial charge < -0.3 is 5.48 Å². The molecule has 4 N–H and O–H groups in total. The highest BCUT2D eigenvalue weighted by Crippen LogP contribution is 1.91. The first-order chi connectivity index (χ1) is 3.71. The van der Waals surface area contributed by atoms with E-state index >= 15 is 0 Å². The van der Waals surface area contributed by atoms with Crippen molar-refractivity contribution >= 4 is 20.8 Å². The van der Waals surface area contributed by atoms with E-state index in [4.69, 9.17) is 9.11 Å². The molecule has 0 amide bonds. The molecular weight excluding hydrogens is 192 g/mol. The summed E-state index contributed by atoms with van der Waals surface area (Å²) in [6.45, 7) is 0. The summed E-state index contributed by atoms with van der Waals surface area (Å²) in [5, 5.41) is 0. The van der Waals surface area contributed by atoms with Crippen molar-refractivity contribution in [3.63, 3.8) is 0 Å². The van der Waals surface area contributed by atoms with Gasteiger partial charge in [-0.15, -0.1) is 3.63 Å². The van der Waals surface area contributed by atoms with Gasteiger partial charge in [0.2, 0.25) is 0 Å². The van der Waals surface area contributed by atoms with Crippen molar-refractivity contribution in [2.24, 2.45) is 0 Å². The lowest BCUT2D eigenvalue weighted by Crippen LogP contribution is -2.10. The molecular formula is H4O8S2. The third-order valence-corrected chi connectivity index (χ3v) is 1.55. The Balaban J connectivity index is 0. The summed E-state index contributed by atoms with van der Waals surface area (Å²) < 4.78 is 55.6. The molecule has 0 aliphatic carbocycles. The maximum absolute atomic E-state index is 9.44. The predicted octanol–water partition coefficient (Wildman–Crippen LogP) is -2.22. The second-order valence-electron chi connectivity index (χ2n) is 0.924. The van der Waals surface area contributed by atoms with Gasteiger partial charge in [0.15, 0.2) is 0 Å². The van der Waals surface area contributed by atoms with Crippen LogP contribution in [0.4, 0.5) is 0 Å². The molecule has 10 heteroatoms. The van der Waals surface area contributed by atoms with E-state index in [1.807, 2.05) is 0 Å². The first-order valence-electron chi connectivity index (χ1n) is 1.37. The fraction of sp³-hybridized carbons (Fsp3) is 0. The Labute approximate surface area is 56.6 Å². The van der Waals surface area contributed by atoms with E-state index < -0.39 is 20.8 Å². The molecule has 0 radical (unpaired) electrons.